The van der Waals surface area contributed by atoms with Crippen LogP contribution in [-0.2, 0) is 23.8 Å². The fourth-order valence-corrected chi connectivity index (χ4v) is 4.12. The number of ether oxygens (including phenoxy) is 3. The molecule has 2 amide bonds. The van der Waals surface area contributed by atoms with Crippen molar-refractivity contribution in [1.29, 1.82) is 0 Å². The predicted molar refractivity (Wildman–Crippen MR) is 134 cm³/mol. The molecule has 37 heavy (non-hydrogen) atoms. The van der Waals surface area contributed by atoms with E-state index in [-0.39, 0.29) is 19.1 Å². The molecule has 1 unspecified atom stereocenters. The van der Waals surface area contributed by atoms with E-state index in [1.807, 2.05) is 48.5 Å². The van der Waals surface area contributed by atoms with Gasteiger partial charge in [0, 0.05) is 19.0 Å². The van der Waals surface area contributed by atoms with Crippen LogP contribution in [0.15, 0.2) is 48.5 Å². The minimum Gasteiger partial charge on any atom is -0.480 e. The Labute approximate surface area is 215 Å². The minimum absolute atomic E-state index is 0.00942. The van der Waals surface area contributed by atoms with E-state index in [1.165, 1.54) is 6.92 Å². The number of nitrogens with one attached hydrogen (secondary N) is 2. The summed E-state index contributed by atoms with van der Waals surface area (Å²) in [6.07, 6.45) is -1.82. The number of carbonyl (C=O) groups is 4. The van der Waals surface area contributed by atoms with Crippen molar-refractivity contribution < 1.29 is 38.5 Å². The van der Waals surface area contributed by atoms with Gasteiger partial charge in [0.15, 0.2) is 5.41 Å². The van der Waals surface area contributed by atoms with Gasteiger partial charge in [0.2, 0.25) is 0 Å². The van der Waals surface area contributed by atoms with Gasteiger partial charge in [-0.25, -0.2) is 9.59 Å². The lowest BCUT2D eigenvalue weighted by Crippen LogP contribution is -2.56. The summed E-state index contributed by atoms with van der Waals surface area (Å²) in [7, 11) is 0. The average molecular weight is 513 g/mol. The Morgan fingerprint density at radius 3 is 1.84 bits per heavy atom. The molecular weight excluding hydrogens is 480 g/mol. The lowest BCUT2D eigenvalue weighted by molar-refractivity contribution is -0.167. The number of amides is 2. The van der Waals surface area contributed by atoms with Crippen molar-refractivity contribution in [3.8, 4) is 11.1 Å². The van der Waals surface area contributed by atoms with Crippen LogP contribution in [0.1, 0.15) is 44.7 Å². The third-order valence-electron chi connectivity index (χ3n) is 5.89. The zero-order chi connectivity index (χ0) is 27.2. The Kier molecular flexibility index (Phi) is 8.42. The molecule has 2 aromatic carbocycles. The van der Waals surface area contributed by atoms with E-state index in [4.69, 9.17) is 14.2 Å². The summed E-state index contributed by atoms with van der Waals surface area (Å²) in [5.41, 5.74) is 1.03. The molecule has 198 valence electrons. The fourth-order valence-electron chi connectivity index (χ4n) is 4.12. The molecule has 0 saturated carbocycles. The molecule has 0 aromatic heterocycles. The Morgan fingerprint density at radius 1 is 0.838 bits per heavy atom. The van der Waals surface area contributed by atoms with Crippen molar-refractivity contribution in [2.24, 2.45) is 5.41 Å². The van der Waals surface area contributed by atoms with Crippen LogP contribution in [0.5, 0.6) is 0 Å². The van der Waals surface area contributed by atoms with E-state index >= 15 is 0 Å². The second-order valence-electron chi connectivity index (χ2n) is 9.64. The summed E-state index contributed by atoms with van der Waals surface area (Å²) >= 11 is 0. The van der Waals surface area contributed by atoms with Crippen molar-refractivity contribution >= 4 is 24.1 Å². The van der Waals surface area contributed by atoms with E-state index in [2.05, 4.69) is 10.6 Å². The van der Waals surface area contributed by atoms with Crippen molar-refractivity contribution in [3.63, 3.8) is 0 Å². The van der Waals surface area contributed by atoms with Crippen molar-refractivity contribution in [2.75, 3.05) is 26.3 Å². The summed E-state index contributed by atoms with van der Waals surface area (Å²) in [5.74, 6) is -2.89. The van der Waals surface area contributed by atoms with Gasteiger partial charge in [-0.2, -0.15) is 0 Å². The van der Waals surface area contributed by atoms with E-state index < -0.39 is 48.2 Å². The number of carboxylic acids is 1. The second kappa shape index (κ2) is 11.3. The van der Waals surface area contributed by atoms with Crippen LogP contribution in [0, 0.1) is 5.41 Å². The molecule has 10 heteroatoms. The first-order valence-corrected chi connectivity index (χ1v) is 11.9. The lowest BCUT2D eigenvalue weighted by atomic mass is 9.87. The summed E-state index contributed by atoms with van der Waals surface area (Å²) in [6.45, 7) is 5.02. The summed E-state index contributed by atoms with van der Waals surface area (Å²) in [5, 5.41) is 14.6. The summed E-state index contributed by atoms with van der Waals surface area (Å²) in [4.78, 5) is 49.6. The first-order valence-electron chi connectivity index (χ1n) is 11.9. The lowest BCUT2D eigenvalue weighted by Gasteiger charge is -2.28. The molecule has 1 atom stereocenters. The number of aliphatic carboxylic acids is 1. The standard InChI is InChI=1S/C27H32N2O8/c1-5-35-23(32)27(22(30)31,16-29-25(34)37-26(2,3)4)15-28-24(33)36-14-21-19-12-8-6-10-17(19)18-11-7-9-13-20(18)21/h6-13,21H,5,14-16H2,1-4H3,(H,28,33)(H,29,34)(H,30,31). The van der Waals surface area contributed by atoms with Crippen LogP contribution in [0.25, 0.3) is 11.1 Å². The monoisotopic (exact) mass is 512 g/mol. The molecule has 1 aliphatic rings. The van der Waals surface area contributed by atoms with Gasteiger partial charge in [-0.15, -0.1) is 0 Å². The maximum absolute atomic E-state index is 12.7. The van der Waals surface area contributed by atoms with Crippen LogP contribution in [0.3, 0.4) is 0 Å². The maximum Gasteiger partial charge on any atom is 0.407 e. The van der Waals surface area contributed by atoms with Crippen molar-refractivity contribution in [3.05, 3.63) is 59.7 Å². The highest BCUT2D eigenvalue weighted by molar-refractivity contribution is 6.00. The largest absolute Gasteiger partial charge is 0.480 e. The molecule has 3 N–H and O–H groups in total. The van der Waals surface area contributed by atoms with Gasteiger partial charge in [0.25, 0.3) is 0 Å². The molecule has 0 aliphatic heterocycles. The minimum atomic E-state index is -2.29. The molecule has 0 fully saturated rings. The van der Waals surface area contributed by atoms with Gasteiger partial charge < -0.3 is 30.0 Å². The molecule has 0 saturated heterocycles. The third kappa shape index (κ3) is 6.38. The number of hydrogen-bond acceptors (Lipinski definition) is 7. The number of alkyl carbamates (subject to hydrolysis) is 2. The van der Waals surface area contributed by atoms with Crippen LogP contribution in [-0.4, -0.2) is 61.1 Å². The number of fused-ring (bicyclic) bond motifs is 3. The number of benzene rings is 2. The first kappa shape index (κ1) is 27.5. The number of hydrogen-bond donors (Lipinski definition) is 3. The summed E-state index contributed by atoms with van der Waals surface area (Å²) in [6, 6.07) is 15.7. The van der Waals surface area contributed by atoms with Gasteiger partial charge in [0.05, 0.1) is 6.61 Å². The molecule has 3 rings (SSSR count). The van der Waals surface area contributed by atoms with E-state index in [1.54, 1.807) is 20.8 Å². The van der Waals surface area contributed by atoms with Crippen molar-refractivity contribution in [1.82, 2.24) is 10.6 Å². The predicted octanol–water partition coefficient (Wildman–Crippen LogP) is 3.68. The van der Waals surface area contributed by atoms with Crippen LogP contribution in [0.4, 0.5) is 9.59 Å². The van der Waals surface area contributed by atoms with E-state index in [0.29, 0.717) is 0 Å². The Morgan fingerprint density at radius 2 is 1.35 bits per heavy atom. The molecule has 0 spiro atoms. The van der Waals surface area contributed by atoms with Crippen LogP contribution < -0.4 is 10.6 Å². The quantitative estimate of drug-likeness (QED) is 0.263. The van der Waals surface area contributed by atoms with Crippen molar-refractivity contribution in [2.45, 2.75) is 39.2 Å². The first-order chi connectivity index (χ1) is 17.5. The van der Waals surface area contributed by atoms with Crippen LogP contribution in [0.2, 0.25) is 0 Å². The van der Waals surface area contributed by atoms with Gasteiger partial charge in [-0.1, -0.05) is 48.5 Å². The molecule has 1 aliphatic carbocycles. The highest BCUT2D eigenvalue weighted by Gasteiger charge is 2.49. The molecule has 0 radical (unpaired) electrons. The zero-order valence-corrected chi connectivity index (χ0v) is 21.3. The van der Waals surface area contributed by atoms with Crippen LogP contribution >= 0.6 is 0 Å². The number of carbonyl (C=O) groups excluding carboxylic acids is 3. The molecule has 0 bridgehead atoms. The Balaban J connectivity index is 1.69. The second-order valence-corrected chi connectivity index (χ2v) is 9.64. The van der Waals surface area contributed by atoms with Gasteiger partial charge in [-0.3, -0.25) is 9.59 Å². The highest BCUT2D eigenvalue weighted by atomic mass is 16.6. The van der Waals surface area contributed by atoms with E-state index in [9.17, 15) is 24.3 Å². The SMILES string of the molecule is CCOC(=O)C(CNC(=O)OCC1c2ccccc2-c2ccccc21)(CNC(=O)OC(C)(C)C)C(=O)O. The van der Waals surface area contributed by atoms with Gasteiger partial charge in [0.1, 0.15) is 12.2 Å². The number of carboxylic acid groups (broad SMARTS) is 1. The van der Waals surface area contributed by atoms with Gasteiger partial charge >= 0.3 is 24.1 Å². The number of esters is 1. The third-order valence-corrected chi connectivity index (χ3v) is 5.89. The Bertz CT molecular complexity index is 1130. The molecule has 2 aromatic rings. The smallest absolute Gasteiger partial charge is 0.407 e. The topological polar surface area (TPSA) is 140 Å². The molecule has 10 nitrogen and oxygen atoms in total. The normalized spacial score (nSPS) is 13.9. The fraction of sp³-hybridized carbons (Fsp3) is 0.407. The Hall–Kier alpha value is -4.08. The molecule has 0 heterocycles. The van der Waals surface area contributed by atoms with Gasteiger partial charge in [-0.05, 0) is 49.9 Å². The maximum atomic E-state index is 12.7. The summed E-state index contributed by atoms with van der Waals surface area (Å²) < 4.78 is 15.5. The highest BCUT2D eigenvalue weighted by Crippen LogP contribution is 2.44. The zero-order valence-electron chi connectivity index (χ0n) is 21.3. The van der Waals surface area contributed by atoms with E-state index in [0.717, 1.165) is 22.3 Å². The number of rotatable bonds is 9. The average Bonchev–Trinajstić information content (AvgIpc) is 3.15. The molecular formula is C27H32N2O8.